The molecule has 0 amide bonds. The van der Waals surface area contributed by atoms with Gasteiger partial charge >= 0.3 is 0 Å². The molecule has 0 bridgehead atoms. The van der Waals surface area contributed by atoms with Crippen LogP contribution in [0.15, 0.2) is 0 Å². The Hall–Kier alpha value is -0.120. The van der Waals surface area contributed by atoms with Crippen LogP contribution in [0.4, 0.5) is 0 Å². The monoisotopic (exact) mass is 223 g/mol. The van der Waals surface area contributed by atoms with E-state index in [9.17, 15) is 0 Å². The summed E-state index contributed by atoms with van der Waals surface area (Å²) >= 11 is 0. The van der Waals surface area contributed by atoms with E-state index in [2.05, 4.69) is 29.3 Å². The molecule has 92 valence electrons. The topological polar surface area (TPSA) is 18.5 Å². The maximum absolute atomic E-state index is 3.38. The minimum absolute atomic E-state index is 0.653. The second kappa shape index (κ2) is 3.97. The van der Waals surface area contributed by atoms with Crippen LogP contribution < -0.4 is 5.43 Å². The summed E-state index contributed by atoms with van der Waals surface area (Å²) in [5, 5.41) is 2.49. The highest BCUT2D eigenvalue weighted by atomic mass is 15.6. The fourth-order valence-electron chi connectivity index (χ4n) is 4.11. The Morgan fingerprint density at radius 2 is 1.94 bits per heavy atom. The molecule has 2 saturated heterocycles. The molecule has 0 aromatic heterocycles. The van der Waals surface area contributed by atoms with Crippen LogP contribution >= 0.6 is 0 Å². The summed E-state index contributed by atoms with van der Waals surface area (Å²) in [7, 11) is 2.08. The first-order valence-corrected chi connectivity index (χ1v) is 6.93. The first kappa shape index (κ1) is 11.0. The Kier molecular flexibility index (Phi) is 2.73. The molecule has 0 aromatic rings. The van der Waals surface area contributed by atoms with E-state index in [1.807, 2.05) is 0 Å². The van der Waals surface area contributed by atoms with Crippen LogP contribution in [0, 0.1) is 5.41 Å². The largest absolute Gasteiger partial charge is 0.303 e. The molecule has 3 fully saturated rings. The third-order valence-corrected chi connectivity index (χ3v) is 4.90. The molecule has 3 rings (SSSR count). The first-order valence-electron chi connectivity index (χ1n) is 6.93. The normalized spacial score (nSPS) is 44.6. The lowest BCUT2D eigenvalue weighted by Gasteiger charge is -2.29. The third kappa shape index (κ3) is 1.69. The molecular formula is C13H25N3. The van der Waals surface area contributed by atoms with Crippen LogP contribution in [0.5, 0.6) is 0 Å². The molecule has 2 heterocycles. The van der Waals surface area contributed by atoms with E-state index in [1.165, 1.54) is 51.7 Å². The molecule has 1 aliphatic carbocycles. The van der Waals surface area contributed by atoms with Crippen LogP contribution in [0.3, 0.4) is 0 Å². The molecule has 3 nitrogen and oxygen atoms in total. The molecule has 1 saturated carbocycles. The summed E-state index contributed by atoms with van der Waals surface area (Å²) in [5.41, 5.74) is 4.03. The zero-order valence-corrected chi connectivity index (χ0v) is 10.7. The molecular weight excluding hydrogens is 198 g/mol. The smallest absolute Gasteiger partial charge is 0.0322 e. The molecule has 3 aliphatic rings. The van der Waals surface area contributed by atoms with Gasteiger partial charge in [0.25, 0.3) is 0 Å². The Labute approximate surface area is 99.1 Å². The number of fused-ring (bicyclic) bond motifs is 1. The van der Waals surface area contributed by atoms with Crippen molar-refractivity contribution in [2.45, 2.75) is 51.1 Å². The Morgan fingerprint density at radius 1 is 1.19 bits per heavy atom. The van der Waals surface area contributed by atoms with Crippen molar-refractivity contribution in [2.24, 2.45) is 5.41 Å². The average Bonchev–Trinajstić information content (AvgIpc) is 2.87. The van der Waals surface area contributed by atoms with Gasteiger partial charge in [0.2, 0.25) is 0 Å². The van der Waals surface area contributed by atoms with E-state index in [0.29, 0.717) is 5.41 Å². The summed E-state index contributed by atoms with van der Waals surface area (Å²) in [6.45, 7) is 6.42. The van der Waals surface area contributed by atoms with E-state index < -0.39 is 0 Å². The summed E-state index contributed by atoms with van der Waals surface area (Å²) in [4.78, 5) is 2.72. The fraction of sp³-hybridized carbons (Fsp3) is 1.00. The van der Waals surface area contributed by atoms with Crippen LogP contribution in [0.25, 0.3) is 0 Å². The standard InChI is InChI=1S/C13H25N3/c1-11-8-13(9-12(13)16(11)14-2)10-15-6-4-3-5-7-15/h11-12,14H,3-10H2,1-2H3/t11-,12+,13-/m1/s1. The van der Waals surface area contributed by atoms with Crippen molar-refractivity contribution < 1.29 is 0 Å². The van der Waals surface area contributed by atoms with Gasteiger partial charge in [-0.3, -0.25) is 5.43 Å². The average molecular weight is 223 g/mol. The number of likely N-dealkylation sites (tertiary alicyclic amines) is 1. The summed E-state index contributed by atoms with van der Waals surface area (Å²) in [5.74, 6) is 0. The van der Waals surface area contributed by atoms with Gasteiger partial charge in [-0.1, -0.05) is 6.42 Å². The minimum Gasteiger partial charge on any atom is -0.303 e. The maximum atomic E-state index is 3.38. The van der Waals surface area contributed by atoms with E-state index in [1.54, 1.807) is 0 Å². The van der Waals surface area contributed by atoms with Gasteiger partial charge < -0.3 is 4.90 Å². The highest BCUT2D eigenvalue weighted by Gasteiger charge is 2.63. The Balaban J connectivity index is 1.60. The molecule has 3 heteroatoms. The molecule has 0 aromatic carbocycles. The lowest BCUT2D eigenvalue weighted by atomic mass is 9.98. The molecule has 0 unspecified atom stereocenters. The van der Waals surface area contributed by atoms with Crippen molar-refractivity contribution in [3.8, 4) is 0 Å². The molecule has 3 atom stereocenters. The number of piperidine rings is 2. The van der Waals surface area contributed by atoms with E-state index in [0.717, 1.165) is 12.1 Å². The highest BCUT2D eigenvalue weighted by molar-refractivity contribution is 5.16. The van der Waals surface area contributed by atoms with Gasteiger partial charge in [0.15, 0.2) is 0 Å². The van der Waals surface area contributed by atoms with Crippen molar-refractivity contribution in [1.82, 2.24) is 15.3 Å². The van der Waals surface area contributed by atoms with Crippen LogP contribution in [0.1, 0.15) is 39.0 Å². The van der Waals surface area contributed by atoms with E-state index >= 15 is 0 Å². The van der Waals surface area contributed by atoms with Crippen molar-refractivity contribution in [1.29, 1.82) is 0 Å². The molecule has 16 heavy (non-hydrogen) atoms. The van der Waals surface area contributed by atoms with E-state index in [-0.39, 0.29) is 0 Å². The van der Waals surface area contributed by atoms with Crippen LogP contribution in [0.2, 0.25) is 0 Å². The number of hydrazine groups is 1. The fourth-order valence-corrected chi connectivity index (χ4v) is 4.11. The second-order valence-corrected chi connectivity index (χ2v) is 6.10. The molecule has 0 radical (unpaired) electrons. The second-order valence-electron chi connectivity index (χ2n) is 6.10. The maximum Gasteiger partial charge on any atom is 0.0322 e. The van der Waals surface area contributed by atoms with Gasteiger partial charge in [-0.25, -0.2) is 5.01 Å². The lowest BCUT2D eigenvalue weighted by Crippen LogP contribution is -2.40. The highest BCUT2D eigenvalue weighted by Crippen LogP contribution is 2.59. The minimum atomic E-state index is 0.653. The van der Waals surface area contributed by atoms with Gasteiger partial charge in [0.05, 0.1) is 0 Å². The van der Waals surface area contributed by atoms with Gasteiger partial charge in [0.1, 0.15) is 0 Å². The number of nitrogens with zero attached hydrogens (tertiary/aromatic N) is 2. The van der Waals surface area contributed by atoms with Gasteiger partial charge in [-0.15, -0.1) is 0 Å². The Morgan fingerprint density at radius 3 is 2.56 bits per heavy atom. The van der Waals surface area contributed by atoms with Crippen molar-refractivity contribution in [3.63, 3.8) is 0 Å². The Bertz CT molecular complexity index is 262. The van der Waals surface area contributed by atoms with Crippen molar-refractivity contribution in [3.05, 3.63) is 0 Å². The third-order valence-electron chi connectivity index (χ3n) is 4.90. The van der Waals surface area contributed by atoms with E-state index in [4.69, 9.17) is 0 Å². The first-order chi connectivity index (χ1) is 7.75. The predicted octanol–water partition coefficient (Wildman–Crippen LogP) is 1.46. The van der Waals surface area contributed by atoms with Gasteiger partial charge in [-0.05, 0) is 52.7 Å². The zero-order chi connectivity index (χ0) is 11.2. The van der Waals surface area contributed by atoms with Gasteiger partial charge in [-0.2, -0.15) is 0 Å². The number of nitrogens with one attached hydrogen (secondary N) is 1. The molecule has 1 N–H and O–H groups in total. The molecule has 2 aliphatic heterocycles. The van der Waals surface area contributed by atoms with Crippen molar-refractivity contribution in [2.75, 3.05) is 26.7 Å². The number of rotatable bonds is 3. The summed E-state index contributed by atoms with van der Waals surface area (Å²) < 4.78 is 0. The van der Waals surface area contributed by atoms with Crippen LogP contribution in [-0.2, 0) is 0 Å². The lowest BCUT2D eigenvalue weighted by molar-refractivity contribution is 0.167. The van der Waals surface area contributed by atoms with Crippen molar-refractivity contribution >= 4 is 0 Å². The zero-order valence-electron chi connectivity index (χ0n) is 10.7. The SMILES string of the molecule is CNN1[C@H](C)C[C@]2(CN3CCCCC3)C[C@H]12. The summed E-state index contributed by atoms with van der Waals surface area (Å²) in [6, 6.07) is 1.56. The molecule has 0 spiro atoms. The predicted molar refractivity (Wildman–Crippen MR) is 66.1 cm³/mol. The quantitative estimate of drug-likeness (QED) is 0.781. The van der Waals surface area contributed by atoms with Crippen LogP contribution in [-0.4, -0.2) is 48.7 Å². The van der Waals surface area contributed by atoms with Gasteiger partial charge in [0, 0.05) is 24.0 Å². The number of hydrogen-bond acceptors (Lipinski definition) is 3. The number of hydrogen-bond donors (Lipinski definition) is 1. The summed E-state index contributed by atoms with van der Waals surface area (Å²) in [6.07, 6.45) is 7.12.